The molecule has 0 radical (unpaired) electrons. The average Bonchev–Trinajstić information content (AvgIpc) is 1.90. The molecular formula is C11H25NO3S. The maximum Gasteiger partial charge on any atom is 0.211 e. The van der Waals surface area contributed by atoms with E-state index in [1.165, 1.54) is 10.6 Å². The van der Waals surface area contributed by atoms with Crippen molar-refractivity contribution in [1.29, 1.82) is 0 Å². The van der Waals surface area contributed by atoms with Crippen LogP contribution in [0.3, 0.4) is 0 Å². The topological polar surface area (TPSA) is 46.6 Å². The number of nitrogens with zero attached hydrogens (tertiary/aromatic N) is 1. The summed E-state index contributed by atoms with van der Waals surface area (Å²) < 4.78 is 30.2. The van der Waals surface area contributed by atoms with E-state index in [1.807, 2.05) is 41.5 Å². The first-order chi connectivity index (χ1) is 6.84. The highest BCUT2D eigenvalue weighted by molar-refractivity contribution is 7.88. The Kier molecular flexibility index (Phi) is 4.98. The predicted octanol–water partition coefficient (Wildman–Crippen LogP) is 1.86. The second-order valence-corrected chi connectivity index (χ2v) is 7.87. The highest BCUT2D eigenvalue weighted by Crippen LogP contribution is 2.17. The van der Waals surface area contributed by atoms with Gasteiger partial charge in [0.25, 0.3) is 0 Å². The summed E-state index contributed by atoms with van der Waals surface area (Å²) in [6, 6.07) is 0. The van der Waals surface area contributed by atoms with Gasteiger partial charge in [-0.25, -0.2) is 8.42 Å². The van der Waals surface area contributed by atoms with Crippen molar-refractivity contribution in [3.05, 3.63) is 0 Å². The first kappa shape index (κ1) is 15.9. The zero-order chi connectivity index (χ0) is 13.2. The third-order valence-corrected chi connectivity index (χ3v) is 3.51. The Hall–Kier alpha value is -0.130. The Morgan fingerprint density at radius 3 is 1.75 bits per heavy atom. The summed E-state index contributed by atoms with van der Waals surface area (Å²) in [4.78, 5) is 0. The van der Waals surface area contributed by atoms with Crippen molar-refractivity contribution < 1.29 is 13.2 Å². The van der Waals surface area contributed by atoms with Gasteiger partial charge in [0.2, 0.25) is 10.0 Å². The number of hydrogen-bond acceptors (Lipinski definition) is 3. The second kappa shape index (κ2) is 5.02. The minimum absolute atomic E-state index is 0.235. The van der Waals surface area contributed by atoms with Crippen LogP contribution in [0.2, 0.25) is 0 Å². The van der Waals surface area contributed by atoms with E-state index in [1.54, 1.807) is 0 Å². The molecule has 4 nitrogen and oxygen atoms in total. The van der Waals surface area contributed by atoms with E-state index >= 15 is 0 Å². The molecular weight excluding hydrogens is 226 g/mol. The first-order valence-electron chi connectivity index (χ1n) is 5.46. The Morgan fingerprint density at radius 1 is 1.06 bits per heavy atom. The maximum absolute atomic E-state index is 11.6. The predicted molar refractivity (Wildman–Crippen MR) is 67.0 cm³/mol. The van der Waals surface area contributed by atoms with Crippen LogP contribution < -0.4 is 0 Å². The number of ether oxygens (including phenoxy) is 1. The fourth-order valence-electron chi connectivity index (χ4n) is 1.43. The summed E-state index contributed by atoms with van der Waals surface area (Å²) in [5, 5.41) is 0. The van der Waals surface area contributed by atoms with Crippen LogP contribution >= 0.6 is 0 Å². The van der Waals surface area contributed by atoms with Crippen LogP contribution in [0.15, 0.2) is 0 Å². The highest BCUT2D eigenvalue weighted by Gasteiger charge is 2.29. The summed E-state index contributed by atoms with van der Waals surface area (Å²) in [6.45, 7) is 12.3. The van der Waals surface area contributed by atoms with Crippen molar-refractivity contribution in [3.63, 3.8) is 0 Å². The average molecular weight is 251 g/mol. The third kappa shape index (κ3) is 6.45. The molecule has 0 aromatic rings. The monoisotopic (exact) mass is 251 g/mol. The van der Waals surface area contributed by atoms with Crippen molar-refractivity contribution in [2.45, 2.75) is 52.7 Å². The molecule has 0 rings (SSSR count). The molecule has 0 aromatic heterocycles. The van der Waals surface area contributed by atoms with E-state index in [-0.39, 0.29) is 5.60 Å². The van der Waals surface area contributed by atoms with Gasteiger partial charge in [-0.3, -0.25) is 0 Å². The molecule has 0 saturated carbocycles. The van der Waals surface area contributed by atoms with Gasteiger partial charge in [0.1, 0.15) is 0 Å². The molecule has 0 aliphatic heterocycles. The van der Waals surface area contributed by atoms with E-state index in [4.69, 9.17) is 4.74 Å². The Morgan fingerprint density at radius 2 is 1.50 bits per heavy atom. The largest absolute Gasteiger partial charge is 0.374 e. The quantitative estimate of drug-likeness (QED) is 0.766. The summed E-state index contributed by atoms with van der Waals surface area (Å²) in [6.07, 6.45) is 1.23. The molecule has 0 heterocycles. The van der Waals surface area contributed by atoms with Crippen molar-refractivity contribution in [2.24, 2.45) is 0 Å². The van der Waals surface area contributed by atoms with Crippen LogP contribution in [0, 0.1) is 0 Å². The van der Waals surface area contributed by atoms with Crippen LogP contribution in [0.25, 0.3) is 0 Å². The van der Waals surface area contributed by atoms with Crippen LogP contribution in [0.5, 0.6) is 0 Å². The molecule has 0 spiro atoms. The van der Waals surface area contributed by atoms with Gasteiger partial charge in [0.05, 0.1) is 18.5 Å². The summed E-state index contributed by atoms with van der Waals surface area (Å²) in [5.41, 5.74) is -0.643. The fraction of sp³-hybridized carbons (Fsp3) is 1.00. The third-order valence-electron chi connectivity index (χ3n) is 1.98. The number of hydrogen-bond donors (Lipinski definition) is 0. The molecule has 0 aliphatic carbocycles. The van der Waals surface area contributed by atoms with E-state index in [9.17, 15) is 8.42 Å². The highest BCUT2D eigenvalue weighted by atomic mass is 32.2. The number of rotatable bonds is 4. The molecule has 0 atom stereocenters. The van der Waals surface area contributed by atoms with Gasteiger partial charge in [-0.15, -0.1) is 0 Å². The van der Waals surface area contributed by atoms with E-state index in [2.05, 4.69) is 0 Å². The first-order valence-corrected chi connectivity index (χ1v) is 7.31. The van der Waals surface area contributed by atoms with Crippen LogP contribution in [-0.2, 0) is 14.8 Å². The molecule has 0 amide bonds. The van der Waals surface area contributed by atoms with Crippen molar-refractivity contribution in [1.82, 2.24) is 4.31 Å². The molecule has 0 aromatic carbocycles. The Balaban J connectivity index is 4.50. The maximum atomic E-state index is 11.6. The molecule has 98 valence electrons. The van der Waals surface area contributed by atoms with Crippen molar-refractivity contribution in [2.75, 3.05) is 19.4 Å². The number of sulfonamides is 1. The molecule has 0 unspecified atom stereocenters. The molecule has 16 heavy (non-hydrogen) atoms. The molecule has 5 heteroatoms. The molecule has 0 fully saturated rings. The van der Waals surface area contributed by atoms with Gasteiger partial charge in [-0.2, -0.15) is 4.31 Å². The Bertz CT molecular complexity index is 309. The van der Waals surface area contributed by atoms with Crippen LogP contribution in [-0.4, -0.2) is 43.3 Å². The lowest BCUT2D eigenvalue weighted by molar-refractivity contribution is -0.0114. The van der Waals surface area contributed by atoms with Crippen LogP contribution in [0.4, 0.5) is 0 Å². The fourth-order valence-corrected chi connectivity index (χ4v) is 2.83. The van der Waals surface area contributed by atoms with Gasteiger partial charge in [-0.05, 0) is 41.5 Å². The summed E-state index contributed by atoms with van der Waals surface area (Å²) >= 11 is 0. The lowest BCUT2D eigenvalue weighted by atomic mass is 10.1. The summed E-state index contributed by atoms with van der Waals surface area (Å²) in [7, 11) is -3.19. The lowest BCUT2D eigenvalue weighted by Gasteiger charge is -2.34. The van der Waals surface area contributed by atoms with Crippen LogP contribution in [0.1, 0.15) is 41.5 Å². The Labute approximate surface area is 100 Å². The van der Waals surface area contributed by atoms with E-state index < -0.39 is 15.6 Å². The zero-order valence-electron chi connectivity index (χ0n) is 11.5. The SMILES string of the molecule is CC(C)(C)OCCN(C(C)(C)C)S(C)(=O)=O. The minimum Gasteiger partial charge on any atom is -0.374 e. The standard InChI is InChI=1S/C11H25NO3S/c1-10(2,3)12(16(7,13)14)8-9-15-11(4,5)6/h8-9H2,1-7H3. The summed E-state index contributed by atoms with van der Waals surface area (Å²) in [5.74, 6) is 0. The molecule has 0 bridgehead atoms. The van der Waals surface area contributed by atoms with Gasteiger partial charge in [0, 0.05) is 12.1 Å². The normalized spacial score (nSPS) is 14.5. The van der Waals surface area contributed by atoms with E-state index in [0.717, 1.165) is 0 Å². The second-order valence-electron chi connectivity index (χ2n) is 5.97. The van der Waals surface area contributed by atoms with Gasteiger partial charge in [0.15, 0.2) is 0 Å². The molecule has 0 N–H and O–H groups in total. The molecule has 0 aliphatic rings. The van der Waals surface area contributed by atoms with Gasteiger partial charge < -0.3 is 4.74 Å². The van der Waals surface area contributed by atoms with Gasteiger partial charge >= 0.3 is 0 Å². The minimum atomic E-state index is -3.19. The van der Waals surface area contributed by atoms with Gasteiger partial charge in [-0.1, -0.05) is 0 Å². The van der Waals surface area contributed by atoms with Crippen molar-refractivity contribution >= 4 is 10.0 Å². The van der Waals surface area contributed by atoms with E-state index in [0.29, 0.717) is 13.2 Å². The molecule has 0 saturated heterocycles. The smallest absolute Gasteiger partial charge is 0.211 e. The zero-order valence-corrected chi connectivity index (χ0v) is 12.3. The van der Waals surface area contributed by atoms with Crippen molar-refractivity contribution in [3.8, 4) is 0 Å². The lowest BCUT2D eigenvalue weighted by Crippen LogP contribution is -2.47.